The maximum Gasteiger partial charge on any atom is 0.220 e. The Labute approximate surface area is 128 Å². The Morgan fingerprint density at radius 2 is 1.95 bits per heavy atom. The molecule has 1 heterocycles. The van der Waals surface area contributed by atoms with Crippen molar-refractivity contribution < 1.29 is 4.79 Å². The molecule has 0 aromatic rings. The lowest BCUT2D eigenvalue weighted by atomic mass is 9.79. The lowest BCUT2D eigenvalue weighted by Gasteiger charge is -2.32. The zero-order valence-corrected chi connectivity index (χ0v) is 13.0. The fraction of sp³-hybridized carbons (Fsp3) is 0.938. The third-order valence-electron chi connectivity index (χ3n) is 6.41. The first-order valence-electron chi connectivity index (χ1n) is 8.31. The molecule has 0 aromatic heterocycles. The second-order valence-corrected chi connectivity index (χ2v) is 7.39. The van der Waals surface area contributed by atoms with E-state index in [0.717, 1.165) is 43.2 Å². The normalized spacial score (nSPS) is 45.2. The van der Waals surface area contributed by atoms with Crippen LogP contribution in [0.4, 0.5) is 0 Å². The third-order valence-corrected chi connectivity index (χ3v) is 6.41. The zero-order valence-electron chi connectivity index (χ0n) is 12.1. The number of hydrogen-bond acceptors (Lipinski definition) is 2. The van der Waals surface area contributed by atoms with Crippen molar-refractivity contribution in [3.8, 4) is 0 Å². The second-order valence-electron chi connectivity index (χ2n) is 7.39. The molecule has 4 rings (SSSR count). The van der Waals surface area contributed by atoms with Gasteiger partial charge in [-0.15, -0.1) is 12.4 Å². The Bertz CT molecular complexity index is 369. The fourth-order valence-electron chi connectivity index (χ4n) is 5.65. The number of fused-ring (bicyclic) bond motifs is 5. The molecule has 0 spiro atoms. The number of hydrogen-bond donors (Lipinski definition) is 2. The lowest BCUT2D eigenvalue weighted by molar-refractivity contribution is -0.123. The van der Waals surface area contributed by atoms with Gasteiger partial charge in [0.25, 0.3) is 0 Å². The van der Waals surface area contributed by atoms with E-state index < -0.39 is 0 Å². The molecule has 4 aliphatic rings. The highest BCUT2D eigenvalue weighted by Gasteiger charge is 2.53. The standard InChI is InChI=1S/C16H26N2O.ClH/c19-16(6-10-4-5-17-9-10)18-15-8-11-7-14(15)13-3-1-2-12(11)13;/h10-15,17H,1-9H2,(H,18,19);1H. The van der Waals surface area contributed by atoms with Gasteiger partial charge in [-0.3, -0.25) is 4.79 Å². The molecular weight excluding hydrogens is 272 g/mol. The van der Waals surface area contributed by atoms with E-state index in [4.69, 9.17) is 0 Å². The van der Waals surface area contributed by atoms with Crippen LogP contribution < -0.4 is 10.6 Å². The minimum absolute atomic E-state index is 0. The van der Waals surface area contributed by atoms with Crippen molar-refractivity contribution in [2.75, 3.05) is 13.1 Å². The molecule has 0 radical (unpaired) electrons. The highest BCUT2D eigenvalue weighted by molar-refractivity contribution is 5.85. The molecule has 114 valence electrons. The number of carbonyl (C=O) groups is 1. The summed E-state index contributed by atoms with van der Waals surface area (Å²) in [6.07, 6.45) is 8.96. The molecule has 4 heteroatoms. The van der Waals surface area contributed by atoms with Crippen molar-refractivity contribution in [1.82, 2.24) is 10.6 Å². The molecule has 1 aliphatic heterocycles. The highest BCUT2D eigenvalue weighted by atomic mass is 35.5. The SMILES string of the molecule is Cl.O=C(CC1CCNC1)NC1CC2CC1C1CCCC21. The van der Waals surface area contributed by atoms with Crippen LogP contribution in [0.15, 0.2) is 0 Å². The van der Waals surface area contributed by atoms with E-state index in [-0.39, 0.29) is 12.4 Å². The number of halogens is 1. The van der Waals surface area contributed by atoms with Crippen molar-refractivity contribution in [2.45, 2.75) is 51.0 Å². The van der Waals surface area contributed by atoms with Gasteiger partial charge in [0.1, 0.15) is 0 Å². The first-order chi connectivity index (χ1) is 9.31. The van der Waals surface area contributed by atoms with Gasteiger partial charge in [0.05, 0.1) is 0 Å². The summed E-state index contributed by atoms with van der Waals surface area (Å²) < 4.78 is 0. The molecule has 4 fully saturated rings. The van der Waals surface area contributed by atoms with E-state index in [1.807, 2.05) is 0 Å². The minimum atomic E-state index is 0. The summed E-state index contributed by atoms with van der Waals surface area (Å²) >= 11 is 0. The van der Waals surface area contributed by atoms with Gasteiger partial charge < -0.3 is 10.6 Å². The molecule has 2 bridgehead atoms. The molecule has 3 nitrogen and oxygen atoms in total. The van der Waals surface area contributed by atoms with Gasteiger partial charge in [-0.1, -0.05) is 6.42 Å². The van der Waals surface area contributed by atoms with Gasteiger partial charge in [0.15, 0.2) is 0 Å². The molecule has 6 unspecified atom stereocenters. The Balaban J connectivity index is 0.00000121. The van der Waals surface area contributed by atoms with Crippen LogP contribution in [0.3, 0.4) is 0 Å². The summed E-state index contributed by atoms with van der Waals surface area (Å²) in [6, 6.07) is 0.520. The molecule has 3 saturated carbocycles. The van der Waals surface area contributed by atoms with Crippen LogP contribution in [-0.4, -0.2) is 25.0 Å². The molecule has 6 atom stereocenters. The van der Waals surface area contributed by atoms with Crippen molar-refractivity contribution >= 4 is 18.3 Å². The van der Waals surface area contributed by atoms with Crippen molar-refractivity contribution in [3.63, 3.8) is 0 Å². The monoisotopic (exact) mass is 298 g/mol. The van der Waals surface area contributed by atoms with Gasteiger partial charge in [-0.2, -0.15) is 0 Å². The van der Waals surface area contributed by atoms with Crippen LogP contribution >= 0.6 is 12.4 Å². The van der Waals surface area contributed by atoms with Gasteiger partial charge in [0.2, 0.25) is 5.91 Å². The van der Waals surface area contributed by atoms with E-state index in [0.29, 0.717) is 17.9 Å². The van der Waals surface area contributed by atoms with E-state index in [2.05, 4.69) is 10.6 Å². The van der Waals surface area contributed by atoms with Gasteiger partial charge >= 0.3 is 0 Å². The third kappa shape index (κ3) is 2.48. The first-order valence-corrected chi connectivity index (χ1v) is 8.31. The van der Waals surface area contributed by atoms with Gasteiger partial charge in [-0.25, -0.2) is 0 Å². The fourth-order valence-corrected chi connectivity index (χ4v) is 5.65. The summed E-state index contributed by atoms with van der Waals surface area (Å²) in [4.78, 5) is 12.2. The van der Waals surface area contributed by atoms with E-state index >= 15 is 0 Å². The number of rotatable bonds is 3. The Kier molecular flexibility index (Phi) is 4.28. The molecule has 3 aliphatic carbocycles. The van der Waals surface area contributed by atoms with Crippen molar-refractivity contribution in [2.24, 2.45) is 29.6 Å². The van der Waals surface area contributed by atoms with E-state index in [1.54, 1.807) is 0 Å². The predicted molar refractivity (Wildman–Crippen MR) is 81.8 cm³/mol. The quantitative estimate of drug-likeness (QED) is 0.840. The minimum Gasteiger partial charge on any atom is -0.353 e. The van der Waals surface area contributed by atoms with Crippen LogP contribution in [-0.2, 0) is 4.79 Å². The van der Waals surface area contributed by atoms with Gasteiger partial charge in [-0.05, 0) is 74.8 Å². The summed E-state index contributed by atoms with van der Waals surface area (Å²) in [5.74, 6) is 4.65. The van der Waals surface area contributed by atoms with Crippen molar-refractivity contribution in [3.05, 3.63) is 0 Å². The molecule has 0 aromatic carbocycles. The molecule has 1 amide bonds. The smallest absolute Gasteiger partial charge is 0.220 e. The average Bonchev–Trinajstić information content (AvgIpc) is 3.10. The van der Waals surface area contributed by atoms with E-state index in [1.165, 1.54) is 38.5 Å². The van der Waals surface area contributed by atoms with Crippen LogP contribution in [0.2, 0.25) is 0 Å². The van der Waals surface area contributed by atoms with Crippen LogP contribution in [0.25, 0.3) is 0 Å². The zero-order chi connectivity index (χ0) is 12.8. The molecule has 2 N–H and O–H groups in total. The summed E-state index contributed by atoms with van der Waals surface area (Å²) in [7, 11) is 0. The summed E-state index contributed by atoms with van der Waals surface area (Å²) in [5.41, 5.74) is 0. The maximum absolute atomic E-state index is 12.2. The van der Waals surface area contributed by atoms with Crippen LogP contribution in [0, 0.1) is 29.6 Å². The largest absolute Gasteiger partial charge is 0.353 e. The Hall–Kier alpha value is -0.280. The molecular formula is C16H27ClN2O. The van der Waals surface area contributed by atoms with Gasteiger partial charge in [0, 0.05) is 12.5 Å². The van der Waals surface area contributed by atoms with Crippen molar-refractivity contribution in [1.29, 1.82) is 0 Å². The van der Waals surface area contributed by atoms with E-state index in [9.17, 15) is 4.79 Å². The Morgan fingerprint density at radius 1 is 1.10 bits per heavy atom. The molecule has 20 heavy (non-hydrogen) atoms. The topological polar surface area (TPSA) is 41.1 Å². The average molecular weight is 299 g/mol. The van der Waals surface area contributed by atoms with Crippen LogP contribution in [0.5, 0.6) is 0 Å². The lowest BCUT2D eigenvalue weighted by Crippen LogP contribution is -2.43. The highest BCUT2D eigenvalue weighted by Crippen LogP contribution is 2.58. The first kappa shape index (κ1) is 14.6. The summed E-state index contributed by atoms with van der Waals surface area (Å²) in [6.45, 7) is 2.13. The number of amides is 1. The number of nitrogens with one attached hydrogen (secondary N) is 2. The predicted octanol–water partition coefficient (Wildman–Crippen LogP) is 2.35. The van der Waals surface area contributed by atoms with Crippen LogP contribution in [0.1, 0.15) is 44.9 Å². The maximum atomic E-state index is 12.2. The summed E-state index contributed by atoms with van der Waals surface area (Å²) in [5, 5.41) is 6.73. The number of carbonyl (C=O) groups excluding carboxylic acids is 1. The molecule has 1 saturated heterocycles. The second kappa shape index (κ2) is 5.84. The Morgan fingerprint density at radius 3 is 2.75 bits per heavy atom.